The van der Waals surface area contributed by atoms with Crippen molar-refractivity contribution in [1.29, 1.82) is 0 Å². The monoisotopic (exact) mass is 239 g/mol. The van der Waals surface area contributed by atoms with Crippen LogP contribution in [0.25, 0.3) is 0 Å². The van der Waals surface area contributed by atoms with Gasteiger partial charge in [-0.1, -0.05) is 18.9 Å². The summed E-state index contributed by atoms with van der Waals surface area (Å²) in [6, 6.07) is 0.332. The lowest BCUT2D eigenvalue weighted by molar-refractivity contribution is 0.0804. The zero-order valence-electron chi connectivity index (χ0n) is 11.5. The summed E-state index contributed by atoms with van der Waals surface area (Å²) in [5.41, 5.74) is 3.13. The fraction of sp³-hybridized carbons (Fsp3) is 0.857. The van der Waals surface area contributed by atoms with Gasteiger partial charge in [0.25, 0.3) is 0 Å². The lowest BCUT2D eigenvalue weighted by atomic mass is 9.89. The number of rotatable bonds is 6. The van der Waals surface area contributed by atoms with Gasteiger partial charge in [-0.15, -0.1) is 6.58 Å². The van der Waals surface area contributed by atoms with E-state index in [4.69, 9.17) is 5.84 Å². The third-order valence-electron chi connectivity index (χ3n) is 4.13. The van der Waals surface area contributed by atoms with E-state index >= 15 is 0 Å². The Labute approximate surface area is 106 Å². The molecule has 1 heterocycles. The summed E-state index contributed by atoms with van der Waals surface area (Å²) in [5, 5.41) is 0. The van der Waals surface area contributed by atoms with Crippen LogP contribution in [0.15, 0.2) is 12.7 Å². The first kappa shape index (κ1) is 14.7. The minimum absolute atomic E-state index is 0.127. The third kappa shape index (κ3) is 4.09. The molecule has 0 aromatic carbocycles. The number of nitrogens with one attached hydrogen (secondary N) is 1. The molecule has 3 heteroatoms. The van der Waals surface area contributed by atoms with Crippen LogP contribution in [-0.4, -0.2) is 29.6 Å². The average Bonchev–Trinajstić information content (AvgIpc) is 2.58. The lowest BCUT2D eigenvalue weighted by Gasteiger charge is -2.43. The quantitative estimate of drug-likeness (QED) is 0.425. The molecule has 3 nitrogen and oxygen atoms in total. The summed E-state index contributed by atoms with van der Waals surface area (Å²) in [4.78, 5) is 2.60. The van der Waals surface area contributed by atoms with Gasteiger partial charge in [-0.05, 0) is 52.6 Å². The zero-order valence-corrected chi connectivity index (χ0v) is 11.5. The molecule has 0 radical (unpaired) electrons. The Kier molecular flexibility index (Phi) is 6.17. The van der Waals surface area contributed by atoms with Crippen LogP contribution in [0, 0.1) is 0 Å². The number of hydrogen-bond donors (Lipinski definition) is 2. The molecule has 0 spiro atoms. The predicted octanol–water partition coefficient (Wildman–Crippen LogP) is 2.44. The highest BCUT2D eigenvalue weighted by molar-refractivity contribution is 4.94. The first-order valence-electron chi connectivity index (χ1n) is 6.95. The van der Waals surface area contributed by atoms with E-state index < -0.39 is 0 Å². The Morgan fingerprint density at radius 1 is 1.29 bits per heavy atom. The molecule has 0 aromatic rings. The van der Waals surface area contributed by atoms with E-state index in [0.29, 0.717) is 6.04 Å². The van der Waals surface area contributed by atoms with E-state index in [1.807, 2.05) is 6.08 Å². The topological polar surface area (TPSA) is 41.3 Å². The summed E-state index contributed by atoms with van der Waals surface area (Å²) in [7, 11) is 0. The van der Waals surface area contributed by atoms with Gasteiger partial charge in [0.15, 0.2) is 0 Å². The second-order valence-electron chi connectivity index (χ2n) is 5.64. The van der Waals surface area contributed by atoms with Crippen molar-refractivity contribution < 1.29 is 0 Å². The van der Waals surface area contributed by atoms with Crippen LogP contribution < -0.4 is 11.3 Å². The highest BCUT2D eigenvalue weighted by Crippen LogP contribution is 2.25. The number of nitrogens with zero attached hydrogens (tertiary/aromatic N) is 1. The molecule has 1 aliphatic rings. The second-order valence-corrected chi connectivity index (χ2v) is 5.64. The van der Waals surface area contributed by atoms with Gasteiger partial charge in [0.1, 0.15) is 0 Å². The average molecular weight is 239 g/mol. The van der Waals surface area contributed by atoms with E-state index in [-0.39, 0.29) is 5.54 Å². The number of hydrogen-bond acceptors (Lipinski definition) is 3. The molecule has 0 aromatic heterocycles. The summed E-state index contributed by atoms with van der Waals surface area (Å²) in [6.07, 6.45) is 9.45. The molecule has 0 amide bonds. The van der Waals surface area contributed by atoms with Crippen LogP contribution in [0.4, 0.5) is 0 Å². The van der Waals surface area contributed by atoms with Crippen molar-refractivity contribution in [2.45, 2.75) is 64.0 Å². The summed E-state index contributed by atoms with van der Waals surface area (Å²) >= 11 is 0. The van der Waals surface area contributed by atoms with E-state index in [1.54, 1.807) is 0 Å². The van der Waals surface area contributed by atoms with E-state index in [1.165, 1.54) is 38.8 Å². The van der Waals surface area contributed by atoms with Crippen molar-refractivity contribution in [1.82, 2.24) is 10.3 Å². The fourth-order valence-electron chi connectivity index (χ4n) is 2.79. The smallest absolute Gasteiger partial charge is 0.0392 e. The first-order valence-corrected chi connectivity index (χ1v) is 6.95. The van der Waals surface area contributed by atoms with Crippen LogP contribution in [0.2, 0.25) is 0 Å². The van der Waals surface area contributed by atoms with E-state index in [9.17, 15) is 0 Å². The first-order chi connectivity index (χ1) is 8.12. The second kappa shape index (κ2) is 7.14. The maximum absolute atomic E-state index is 5.73. The third-order valence-corrected chi connectivity index (χ3v) is 4.13. The highest BCUT2D eigenvalue weighted by Gasteiger charge is 2.34. The van der Waals surface area contributed by atoms with Gasteiger partial charge in [-0.25, -0.2) is 0 Å². The summed E-state index contributed by atoms with van der Waals surface area (Å²) in [5.74, 6) is 5.73. The van der Waals surface area contributed by atoms with Crippen LogP contribution in [0.1, 0.15) is 52.4 Å². The van der Waals surface area contributed by atoms with Gasteiger partial charge in [-0.2, -0.15) is 0 Å². The Hall–Kier alpha value is -0.380. The number of nitrogens with two attached hydrogens (primary N) is 1. The Morgan fingerprint density at radius 3 is 2.35 bits per heavy atom. The summed E-state index contributed by atoms with van der Waals surface area (Å²) < 4.78 is 0. The fourth-order valence-corrected chi connectivity index (χ4v) is 2.79. The minimum atomic E-state index is 0.127. The maximum Gasteiger partial charge on any atom is 0.0392 e. The van der Waals surface area contributed by atoms with Crippen LogP contribution >= 0.6 is 0 Å². The van der Waals surface area contributed by atoms with Gasteiger partial charge < -0.3 is 0 Å². The number of allylic oxidation sites excluding steroid dienone is 1. The largest absolute Gasteiger partial charge is 0.297 e. The van der Waals surface area contributed by atoms with Gasteiger partial charge >= 0.3 is 0 Å². The van der Waals surface area contributed by atoms with E-state index in [2.05, 4.69) is 30.8 Å². The van der Waals surface area contributed by atoms with Crippen molar-refractivity contribution in [3.05, 3.63) is 12.7 Å². The highest BCUT2D eigenvalue weighted by atomic mass is 15.3. The minimum Gasteiger partial charge on any atom is -0.297 e. The molecule has 3 N–H and O–H groups in total. The molecule has 1 atom stereocenters. The maximum atomic E-state index is 5.73. The van der Waals surface area contributed by atoms with Crippen LogP contribution in [0.3, 0.4) is 0 Å². The zero-order chi connectivity index (χ0) is 12.7. The SMILES string of the molecule is C=CCCC(NN)C(C)(C)N1CCCCCC1. The summed E-state index contributed by atoms with van der Waals surface area (Å²) in [6.45, 7) is 10.8. The molecule has 1 saturated heterocycles. The molecule has 0 aliphatic carbocycles. The molecular formula is C14H29N3. The van der Waals surface area contributed by atoms with Gasteiger partial charge in [0, 0.05) is 11.6 Å². The lowest BCUT2D eigenvalue weighted by Crippen LogP contribution is -2.59. The molecular weight excluding hydrogens is 210 g/mol. The van der Waals surface area contributed by atoms with Gasteiger partial charge in [0.05, 0.1) is 0 Å². The standard InChI is InChI=1S/C14H29N3/c1-4-5-10-13(16-15)14(2,3)17-11-8-6-7-9-12-17/h4,13,16H,1,5-12,15H2,2-3H3. The molecule has 1 rings (SSSR count). The predicted molar refractivity (Wildman–Crippen MR) is 74.7 cm³/mol. The van der Waals surface area contributed by atoms with Gasteiger partial charge in [0.2, 0.25) is 0 Å². The molecule has 1 unspecified atom stereocenters. The van der Waals surface area contributed by atoms with Crippen molar-refractivity contribution in [2.75, 3.05) is 13.1 Å². The van der Waals surface area contributed by atoms with Crippen molar-refractivity contribution in [2.24, 2.45) is 5.84 Å². The van der Waals surface area contributed by atoms with Gasteiger partial charge in [-0.3, -0.25) is 16.2 Å². The molecule has 100 valence electrons. The normalized spacial score (nSPS) is 20.9. The van der Waals surface area contributed by atoms with Crippen LogP contribution in [0.5, 0.6) is 0 Å². The van der Waals surface area contributed by atoms with Crippen molar-refractivity contribution >= 4 is 0 Å². The van der Waals surface area contributed by atoms with E-state index in [0.717, 1.165) is 12.8 Å². The number of likely N-dealkylation sites (tertiary alicyclic amines) is 1. The van der Waals surface area contributed by atoms with Crippen LogP contribution in [-0.2, 0) is 0 Å². The molecule has 17 heavy (non-hydrogen) atoms. The Bertz CT molecular complexity index is 218. The molecule has 0 saturated carbocycles. The molecule has 0 bridgehead atoms. The molecule has 1 fully saturated rings. The van der Waals surface area contributed by atoms with Crippen molar-refractivity contribution in [3.63, 3.8) is 0 Å². The molecule has 1 aliphatic heterocycles. The Morgan fingerprint density at radius 2 is 1.88 bits per heavy atom. The number of hydrazine groups is 1. The van der Waals surface area contributed by atoms with Crippen molar-refractivity contribution in [3.8, 4) is 0 Å². The Balaban J connectivity index is 2.63.